The zero-order valence-corrected chi connectivity index (χ0v) is 27.1. The maximum atomic E-state index is 5.52. The topological polar surface area (TPSA) is 38.7 Å². The highest BCUT2D eigenvalue weighted by molar-refractivity contribution is 7.00. The van der Waals surface area contributed by atoms with Crippen molar-refractivity contribution in [1.29, 1.82) is 0 Å². The summed E-state index contributed by atoms with van der Waals surface area (Å²) in [7, 11) is 0. The Hall–Kier alpha value is -4.93. The lowest BCUT2D eigenvalue weighted by Crippen LogP contribution is -2.03. The molecule has 2 aromatic heterocycles. The Morgan fingerprint density at radius 3 is 1.77 bits per heavy atom. The molecule has 1 fully saturated rings. The van der Waals surface area contributed by atoms with Gasteiger partial charge in [0, 0.05) is 16.7 Å². The van der Waals surface area contributed by atoms with Gasteiger partial charge in [-0.2, -0.15) is 8.75 Å². The molecule has 1 aliphatic carbocycles. The summed E-state index contributed by atoms with van der Waals surface area (Å²) in [4.78, 5) is 5.52. The lowest BCUT2D eigenvalue weighted by molar-refractivity contribution is 0.457. The Labute approximate surface area is 279 Å². The van der Waals surface area contributed by atoms with Crippen molar-refractivity contribution < 1.29 is 0 Å². The van der Waals surface area contributed by atoms with E-state index in [1.165, 1.54) is 94.6 Å². The standard InChI is InChI=1S/C43H35N3S/c1-2-4-13-30(14-5-3-1)37-18-10-17-31-21-22-34(27-38(31)37)39-40(35-23-19-28-11-6-8-15-32(28)25-35)44-41(43-42(39)45-47-46-43)36-24-20-29-12-7-9-16-33(29)26-36/h6-12,15-27,30H,1-5,13-14H2. The van der Waals surface area contributed by atoms with Crippen molar-refractivity contribution in [1.82, 2.24) is 13.7 Å². The largest absolute Gasteiger partial charge is 0.245 e. The van der Waals surface area contributed by atoms with E-state index in [4.69, 9.17) is 13.7 Å². The molecule has 4 heteroatoms. The van der Waals surface area contributed by atoms with E-state index < -0.39 is 0 Å². The zero-order valence-electron chi connectivity index (χ0n) is 26.3. The van der Waals surface area contributed by atoms with E-state index >= 15 is 0 Å². The van der Waals surface area contributed by atoms with Gasteiger partial charge >= 0.3 is 0 Å². The first-order valence-electron chi connectivity index (χ1n) is 17.0. The molecule has 2 heterocycles. The first-order chi connectivity index (χ1) is 23.3. The first-order valence-corrected chi connectivity index (χ1v) is 17.7. The smallest absolute Gasteiger partial charge is 0.131 e. The molecule has 1 aliphatic rings. The molecule has 6 aromatic carbocycles. The Kier molecular flexibility index (Phi) is 7.24. The summed E-state index contributed by atoms with van der Waals surface area (Å²) >= 11 is 1.27. The maximum absolute atomic E-state index is 5.52. The minimum Gasteiger partial charge on any atom is -0.245 e. The lowest BCUT2D eigenvalue weighted by atomic mass is 9.83. The molecule has 47 heavy (non-hydrogen) atoms. The van der Waals surface area contributed by atoms with Gasteiger partial charge in [-0.3, -0.25) is 0 Å². The lowest BCUT2D eigenvalue weighted by Gasteiger charge is -2.22. The maximum Gasteiger partial charge on any atom is 0.131 e. The molecule has 9 rings (SSSR count). The highest BCUT2D eigenvalue weighted by Gasteiger charge is 2.23. The van der Waals surface area contributed by atoms with Crippen LogP contribution in [-0.4, -0.2) is 13.7 Å². The molecule has 0 amide bonds. The molecule has 228 valence electrons. The van der Waals surface area contributed by atoms with Gasteiger partial charge in [-0.05, 0) is 80.4 Å². The minimum absolute atomic E-state index is 0.601. The molecule has 0 unspecified atom stereocenters. The van der Waals surface area contributed by atoms with Crippen molar-refractivity contribution in [3.8, 4) is 33.6 Å². The highest BCUT2D eigenvalue weighted by atomic mass is 32.1. The van der Waals surface area contributed by atoms with Gasteiger partial charge in [-0.1, -0.05) is 135 Å². The van der Waals surface area contributed by atoms with Crippen LogP contribution in [-0.2, 0) is 0 Å². The molecule has 1 saturated carbocycles. The van der Waals surface area contributed by atoms with Crippen LogP contribution in [0.25, 0.3) is 77.0 Å². The molecule has 0 aliphatic heterocycles. The molecule has 8 aromatic rings. The number of hydrogen-bond acceptors (Lipinski definition) is 4. The highest BCUT2D eigenvalue weighted by Crippen LogP contribution is 2.43. The minimum atomic E-state index is 0.601. The number of nitrogens with zero attached hydrogens (tertiary/aromatic N) is 3. The van der Waals surface area contributed by atoms with E-state index in [-0.39, 0.29) is 0 Å². The number of fused-ring (bicyclic) bond motifs is 4. The number of aromatic nitrogens is 3. The second-order valence-corrected chi connectivity index (χ2v) is 13.6. The number of benzene rings is 6. The van der Waals surface area contributed by atoms with Crippen LogP contribution in [0.4, 0.5) is 0 Å². The molecular formula is C43H35N3S. The van der Waals surface area contributed by atoms with E-state index in [1.807, 2.05) is 0 Å². The third-order valence-electron chi connectivity index (χ3n) is 10.2. The Morgan fingerprint density at radius 2 is 1.04 bits per heavy atom. The fourth-order valence-corrected chi connectivity index (χ4v) is 8.33. The van der Waals surface area contributed by atoms with Crippen LogP contribution in [0.15, 0.2) is 121 Å². The summed E-state index contributed by atoms with van der Waals surface area (Å²) in [5.74, 6) is 0.601. The van der Waals surface area contributed by atoms with Crippen LogP contribution in [0.2, 0.25) is 0 Å². The van der Waals surface area contributed by atoms with Crippen molar-refractivity contribution in [2.75, 3.05) is 0 Å². The van der Waals surface area contributed by atoms with Crippen molar-refractivity contribution in [3.63, 3.8) is 0 Å². The molecule has 0 saturated heterocycles. The molecule has 0 bridgehead atoms. The van der Waals surface area contributed by atoms with Crippen LogP contribution >= 0.6 is 11.7 Å². The zero-order chi connectivity index (χ0) is 31.2. The Morgan fingerprint density at radius 1 is 0.468 bits per heavy atom. The van der Waals surface area contributed by atoms with E-state index in [9.17, 15) is 0 Å². The van der Waals surface area contributed by atoms with Crippen LogP contribution < -0.4 is 0 Å². The van der Waals surface area contributed by atoms with Gasteiger partial charge in [-0.25, -0.2) is 4.98 Å². The second kappa shape index (κ2) is 12.0. The molecular weight excluding hydrogens is 591 g/mol. The van der Waals surface area contributed by atoms with E-state index in [1.54, 1.807) is 0 Å². The van der Waals surface area contributed by atoms with Gasteiger partial charge < -0.3 is 0 Å². The monoisotopic (exact) mass is 625 g/mol. The normalized spacial score (nSPS) is 14.6. The van der Waals surface area contributed by atoms with Crippen LogP contribution in [0.5, 0.6) is 0 Å². The van der Waals surface area contributed by atoms with Gasteiger partial charge in [0.25, 0.3) is 0 Å². The van der Waals surface area contributed by atoms with Gasteiger partial charge in [0.05, 0.1) is 17.4 Å². The van der Waals surface area contributed by atoms with Gasteiger partial charge in [0.1, 0.15) is 16.7 Å². The van der Waals surface area contributed by atoms with Crippen molar-refractivity contribution >= 4 is 55.1 Å². The third-order valence-corrected chi connectivity index (χ3v) is 10.7. The van der Waals surface area contributed by atoms with Crippen molar-refractivity contribution in [2.24, 2.45) is 0 Å². The fourth-order valence-electron chi connectivity index (χ4n) is 7.77. The van der Waals surface area contributed by atoms with E-state index in [0.29, 0.717) is 5.92 Å². The predicted molar refractivity (Wildman–Crippen MR) is 199 cm³/mol. The summed E-state index contributed by atoms with van der Waals surface area (Å²) in [6, 6.07) is 44.2. The fraction of sp³-hybridized carbons (Fsp3) is 0.186. The average molecular weight is 626 g/mol. The summed E-state index contributed by atoms with van der Waals surface area (Å²) in [6.45, 7) is 0. The quantitative estimate of drug-likeness (QED) is 0.195. The SMILES string of the molecule is c1ccc2cc(-c3nc(-c4ccc5ccccc5c4)c4nsnc4c3-c3ccc4cccc(C5CCCCCCC5)c4c3)ccc2c1. The van der Waals surface area contributed by atoms with Gasteiger partial charge in [-0.15, -0.1) is 0 Å². The molecule has 0 N–H and O–H groups in total. The van der Waals surface area contributed by atoms with E-state index in [0.717, 1.165) is 44.7 Å². The van der Waals surface area contributed by atoms with Crippen molar-refractivity contribution in [3.05, 3.63) is 127 Å². The van der Waals surface area contributed by atoms with Gasteiger partial charge in [0.2, 0.25) is 0 Å². The average Bonchev–Trinajstić information content (AvgIpc) is 3.60. The summed E-state index contributed by atoms with van der Waals surface area (Å²) in [6.07, 6.45) is 9.26. The molecule has 3 nitrogen and oxygen atoms in total. The summed E-state index contributed by atoms with van der Waals surface area (Å²) in [5, 5.41) is 7.48. The Bertz CT molecular complexity index is 2420. The van der Waals surface area contributed by atoms with Crippen LogP contribution in [0, 0.1) is 0 Å². The molecule has 0 spiro atoms. The number of hydrogen-bond donors (Lipinski definition) is 0. The number of pyridine rings is 1. The molecule has 0 radical (unpaired) electrons. The van der Waals surface area contributed by atoms with Crippen LogP contribution in [0.1, 0.15) is 56.4 Å². The first kappa shape index (κ1) is 28.3. The predicted octanol–water partition coefficient (Wildman–Crippen LogP) is 12.4. The molecule has 0 atom stereocenters. The second-order valence-electron chi connectivity index (χ2n) is 13.1. The number of rotatable bonds is 4. The Balaban J connectivity index is 1.29. The summed E-state index contributed by atoms with van der Waals surface area (Å²) in [5.41, 5.74) is 9.44. The van der Waals surface area contributed by atoms with E-state index in [2.05, 4.69) is 121 Å². The third kappa shape index (κ3) is 5.17. The van der Waals surface area contributed by atoms with Gasteiger partial charge in [0.15, 0.2) is 0 Å². The van der Waals surface area contributed by atoms with Crippen molar-refractivity contribution in [2.45, 2.75) is 50.9 Å². The van der Waals surface area contributed by atoms with Crippen LogP contribution in [0.3, 0.4) is 0 Å². The summed E-state index contributed by atoms with van der Waals surface area (Å²) < 4.78 is 9.88.